The van der Waals surface area contributed by atoms with Crippen molar-refractivity contribution in [3.8, 4) is 0 Å². The Morgan fingerprint density at radius 1 is 1.47 bits per heavy atom. The van der Waals surface area contributed by atoms with Crippen molar-refractivity contribution in [2.75, 3.05) is 18.0 Å². The van der Waals surface area contributed by atoms with Crippen molar-refractivity contribution >= 4 is 21.6 Å². The second-order valence-corrected chi connectivity index (χ2v) is 5.82. The van der Waals surface area contributed by atoms with Gasteiger partial charge < -0.3 is 4.90 Å². The van der Waals surface area contributed by atoms with Crippen LogP contribution in [0.2, 0.25) is 0 Å². The minimum Gasteiger partial charge on any atom is -0.368 e. The molecule has 1 aliphatic rings. The Hall–Kier alpha value is -1.71. The summed E-state index contributed by atoms with van der Waals surface area (Å²) in [4.78, 5) is 12.2. The molecule has 3 N–H and O–H groups in total. The van der Waals surface area contributed by atoms with E-state index in [0.717, 1.165) is 5.69 Å². The van der Waals surface area contributed by atoms with Crippen molar-refractivity contribution in [1.29, 1.82) is 0 Å². The Bertz CT molecular complexity index is 610. The summed E-state index contributed by atoms with van der Waals surface area (Å²) in [6.07, 6.45) is 0. The van der Waals surface area contributed by atoms with E-state index in [0.29, 0.717) is 18.7 Å². The first-order valence-corrected chi connectivity index (χ1v) is 7.11. The molecular formula is C10H14N4O4S. The minimum atomic E-state index is -3.68. The lowest BCUT2D eigenvalue weighted by molar-refractivity contribution is -0.385. The maximum atomic E-state index is 10.8. The number of aryl methyl sites for hydroxylation is 1. The van der Waals surface area contributed by atoms with Crippen LogP contribution in [0, 0.1) is 17.0 Å². The van der Waals surface area contributed by atoms with Gasteiger partial charge in [0.1, 0.15) is 0 Å². The number of nitrogens with one attached hydrogen (secondary N) is 1. The molecule has 9 heteroatoms. The molecule has 0 aliphatic carbocycles. The lowest BCUT2D eigenvalue weighted by Crippen LogP contribution is -2.60. The number of nitro groups is 1. The highest BCUT2D eigenvalue weighted by atomic mass is 32.2. The normalized spacial score (nSPS) is 16.2. The van der Waals surface area contributed by atoms with Gasteiger partial charge in [0, 0.05) is 30.4 Å². The third-order valence-corrected chi connectivity index (χ3v) is 3.62. The number of anilines is 1. The average molecular weight is 286 g/mol. The van der Waals surface area contributed by atoms with Gasteiger partial charge in [0.05, 0.1) is 11.0 Å². The molecule has 0 atom stereocenters. The van der Waals surface area contributed by atoms with Crippen molar-refractivity contribution in [2.24, 2.45) is 5.14 Å². The molecular weight excluding hydrogens is 272 g/mol. The van der Waals surface area contributed by atoms with E-state index < -0.39 is 15.1 Å². The van der Waals surface area contributed by atoms with E-state index in [2.05, 4.69) is 4.72 Å². The fourth-order valence-electron chi connectivity index (χ4n) is 2.04. The van der Waals surface area contributed by atoms with Crippen LogP contribution >= 0.6 is 0 Å². The van der Waals surface area contributed by atoms with Gasteiger partial charge in [0.2, 0.25) is 0 Å². The Kier molecular flexibility index (Phi) is 3.43. The van der Waals surface area contributed by atoms with Gasteiger partial charge in [0.25, 0.3) is 15.9 Å². The van der Waals surface area contributed by atoms with Gasteiger partial charge in [-0.05, 0) is 19.1 Å². The standard InChI is InChI=1S/C10H14N4O4S/c1-7-4-9(2-3-10(7)14(15)16)13-5-8(6-13)12-19(11,17)18/h2-4,8,12H,5-6H2,1H3,(H2,11,17,18). The zero-order chi connectivity index (χ0) is 14.2. The van der Waals surface area contributed by atoms with E-state index in [4.69, 9.17) is 5.14 Å². The summed E-state index contributed by atoms with van der Waals surface area (Å²) in [7, 11) is -3.68. The second-order valence-electron chi connectivity index (χ2n) is 4.49. The van der Waals surface area contributed by atoms with Gasteiger partial charge in [-0.25, -0.2) is 5.14 Å². The maximum absolute atomic E-state index is 10.8. The first-order chi connectivity index (χ1) is 8.76. The predicted molar refractivity (Wildman–Crippen MR) is 70.1 cm³/mol. The van der Waals surface area contributed by atoms with E-state index >= 15 is 0 Å². The van der Waals surface area contributed by atoms with Crippen molar-refractivity contribution in [3.05, 3.63) is 33.9 Å². The minimum absolute atomic E-state index is 0.0727. The van der Waals surface area contributed by atoms with Crippen LogP contribution in [0.3, 0.4) is 0 Å². The molecule has 1 aromatic rings. The van der Waals surface area contributed by atoms with Gasteiger partial charge in [-0.1, -0.05) is 0 Å². The molecule has 1 aliphatic heterocycles. The summed E-state index contributed by atoms with van der Waals surface area (Å²) in [5, 5.41) is 15.6. The molecule has 1 fully saturated rings. The van der Waals surface area contributed by atoms with Gasteiger partial charge in [-0.2, -0.15) is 13.1 Å². The molecule has 2 rings (SSSR count). The number of nitrogens with zero attached hydrogens (tertiary/aromatic N) is 2. The van der Waals surface area contributed by atoms with Crippen molar-refractivity contribution < 1.29 is 13.3 Å². The van der Waals surface area contributed by atoms with Crippen LogP contribution in [0.5, 0.6) is 0 Å². The molecule has 0 amide bonds. The van der Waals surface area contributed by atoms with E-state index in [1.54, 1.807) is 19.1 Å². The lowest BCUT2D eigenvalue weighted by Gasteiger charge is -2.40. The van der Waals surface area contributed by atoms with Crippen LogP contribution in [0.15, 0.2) is 18.2 Å². The van der Waals surface area contributed by atoms with E-state index in [1.807, 2.05) is 4.90 Å². The molecule has 0 saturated carbocycles. The number of nitrogens with two attached hydrogens (primary N) is 1. The van der Waals surface area contributed by atoms with E-state index in [-0.39, 0.29) is 11.7 Å². The average Bonchev–Trinajstić information content (AvgIpc) is 2.20. The third kappa shape index (κ3) is 3.19. The highest BCUT2D eigenvalue weighted by molar-refractivity contribution is 7.87. The molecule has 0 aromatic heterocycles. The van der Waals surface area contributed by atoms with Crippen LogP contribution in [0.25, 0.3) is 0 Å². The van der Waals surface area contributed by atoms with Gasteiger partial charge in [-0.3, -0.25) is 10.1 Å². The topological polar surface area (TPSA) is 119 Å². The van der Waals surface area contributed by atoms with Gasteiger partial charge >= 0.3 is 0 Å². The first kappa shape index (κ1) is 13.7. The maximum Gasteiger partial charge on any atom is 0.274 e. The number of benzene rings is 1. The summed E-state index contributed by atoms with van der Waals surface area (Å²) < 4.78 is 23.9. The Labute approximate surface area is 110 Å². The fraction of sp³-hybridized carbons (Fsp3) is 0.400. The Morgan fingerprint density at radius 2 is 2.11 bits per heavy atom. The first-order valence-electron chi connectivity index (χ1n) is 5.56. The molecule has 1 heterocycles. The molecule has 104 valence electrons. The van der Waals surface area contributed by atoms with Crippen molar-refractivity contribution in [1.82, 2.24) is 4.72 Å². The third-order valence-electron chi connectivity index (χ3n) is 2.95. The Morgan fingerprint density at radius 3 is 2.58 bits per heavy atom. The van der Waals surface area contributed by atoms with Gasteiger partial charge in [0.15, 0.2) is 0 Å². The largest absolute Gasteiger partial charge is 0.368 e. The zero-order valence-corrected chi connectivity index (χ0v) is 11.1. The van der Waals surface area contributed by atoms with Crippen LogP contribution in [0.1, 0.15) is 5.56 Å². The zero-order valence-electron chi connectivity index (χ0n) is 10.2. The number of hydrogen-bond donors (Lipinski definition) is 2. The predicted octanol–water partition coefficient (Wildman–Crippen LogP) is -0.115. The summed E-state index contributed by atoms with van der Waals surface area (Å²) in [6.45, 7) is 2.66. The van der Waals surface area contributed by atoms with Crippen LogP contribution in [-0.2, 0) is 10.2 Å². The number of hydrogen-bond acceptors (Lipinski definition) is 5. The van der Waals surface area contributed by atoms with Crippen LogP contribution < -0.4 is 14.8 Å². The van der Waals surface area contributed by atoms with E-state index in [1.165, 1.54) is 6.07 Å². The molecule has 0 spiro atoms. The van der Waals surface area contributed by atoms with Crippen LogP contribution in [-0.4, -0.2) is 32.5 Å². The SMILES string of the molecule is Cc1cc(N2CC(NS(N)(=O)=O)C2)ccc1[N+](=O)[O-]. The Balaban J connectivity index is 2.03. The summed E-state index contributed by atoms with van der Waals surface area (Å²) in [6, 6.07) is 4.60. The monoisotopic (exact) mass is 286 g/mol. The molecule has 8 nitrogen and oxygen atoms in total. The lowest BCUT2D eigenvalue weighted by atomic mass is 10.1. The molecule has 0 unspecified atom stereocenters. The van der Waals surface area contributed by atoms with Crippen LogP contribution in [0.4, 0.5) is 11.4 Å². The molecule has 0 radical (unpaired) electrons. The molecule has 19 heavy (non-hydrogen) atoms. The molecule has 1 aromatic carbocycles. The summed E-state index contributed by atoms with van der Waals surface area (Å²) in [5.74, 6) is 0. The number of rotatable bonds is 4. The number of nitro benzene ring substituents is 1. The van der Waals surface area contributed by atoms with Gasteiger partial charge in [-0.15, -0.1) is 0 Å². The highest BCUT2D eigenvalue weighted by Gasteiger charge is 2.29. The fourth-order valence-corrected chi connectivity index (χ4v) is 2.65. The summed E-state index contributed by atoms with van der Waals surface area (Å²) >= 11 is 0. The van der Waals surface area contributed by atoms with Crippen molar-refractivity contribution in [3.63, 3.8) is 0 Å². The van der Waals surface area contributed by atoms with Crippen molar-refractivity contribution in [2.45, 2.75) is 13.0 Å². The molecule has 1 saturated heterocycles. The quantitative estimate of drug-likeness (QED) is 0.591. The smallest absolute Gasteiger partial charge is 0.274 e. The molecule has 0 bridgehead atoms. The second kappa shape index (κ2) is 4.76. The summed E-state index contributed by atoms with van der Waals surface area (Å²) in [5.41, 5.74) is 1.48. The highest BCUT2D eigenvalue weighted by Crippen LogP contribution is 2.27. The van der Waals surface area contributed by atoms with E-state index in [9.17, 15) is 18.5 Å².